The predicted octanol–water partition coefficient (Wildman–Crippen LogP) is 4.43. The lowest BCUT2D eigenvalue weighted by molar-refractivity contribution is 0.0702. The maximum atomic E-state index is 14.3. The van der Waals surface area contributed by atoms with Gasteiger partial charge in [0.2, 0.25) is 0 Å². The van der Waals surface area contributed by atoms with Crippen LogP contribution in [0.1, 0.15) is 56.2 Å². The van der Waals surface area contributed by atoms with Gasteiger partial charge in [0.25, 0.3) is 11.8 Å². The van der Waals surface area contributed by atoms with E-state index in [0.717, 1.165) is 28.9 Å². The second kappa shape index (κ2) is 10.2. The van der Waals surface area contributed by atoms with Crippen molar-refractivity contribution in [3.8, 4) is 6.07 Å². The molecule has 186 valence electrons. The summed E-state index contributed by atoms with van der Waals surface area (Å²) in [5.41, 5.74) is 2.56. The highest BCUT2D eigenvalue weighted by Crippen LogP contribution is 2.29. The molecule has 37 heavy (non-hydrogen) atoms. The quantitative estimate of drug-likeness (QED) is 0.440. The minimum Gasteiger partial charge on any atom is -0.348 e. The lowest BCUT2D eigenvalue weighted by atomic mass is 9.88. The van der Waals surface area contributed by atoms with Gasteiger partial charge in [0.1, 0.15) is 22.8 Å². The minimum absolute atomic E-state index is 0.165. The van der Waals surface area contributed by atoms with Gasteiger partial charge in [0.15, 0.2) is 0 Å². The number of fused-ring (bicyclic) bond motifs is 1. The first-order valence-corrected chi connectivity index (χ1v) is 11.9. The molecule has 1 N–H and O–H groups in total. The average molecular weight is 500 g/mol. The van der Waals surface area contributed by atoms with E-state index in [4.69, 9.17) is 5.26 Å². The van der Waals surface area contributed by atoms with Gasteiger partial charge in [-0.3, -0.25) is 9.59 Å². The van der Waals surface area contributed by atoms with Crippen LogP contribution in [-0.2, 0) is 6.54 Å². The number of carbonyl (C=O) groups excluding carboxylic acids is 2. The van der Waals surface area contributed by atoms with Crippen molar-refractivity contribution in [2.24, 2.45) is 0 Å². The number of pyridine rings is 1. The van der Waals surface area contributed by atoms with E-state index in [9.17, 15) is 18.4 Å². The number of nitrogens with one attached hydrogen (secondary N) is 1. The fraction of sp³-hybridized carbons (Fsp3) is 0.214. The van der Waals surface area contributed by atoms with E-state index < -0.39 is 23.1 Å². The Morgan fingerprint density at radius 3 is 2.41 bits per heavy atom. The number of rotatable bonds is 5. The molecule has 0 aliphatic carbocycles. The van der Waals surface area contributed by atoms with Crippen molar-refractivity contribution in [3.63, 3.8) is 0 Å². The fourth-order valence-electron chi connectivity index (χ4n) is 4.67. The topological polar surface area (TPSA) is 90.5 Å². The highest BCUT2D eigenvalue weighted by atomic mass is 19.1. The molecule has 7 nitrogen and oxygen atoms in total. The van der Waals surface area contributed by atoms with Gasteiger partial charge in [-0.1, -0.05) is 12.1 Å². The Balaban J connectivity index is 1.16. The fourth-order valence-corrected chi connectivity index (χ4v) is 4.67. The Labute approximate surface area is 212 Å². The Morgan fingerprint density at radius 2 is 1.73 bits per heavy atom. The number of benzene rings is 2. The molecule has 0 radical (unpaired) electrons. The molecule has 9 heteroatoms. The van der Waals surface area contributed by atoms with Crippen LogP contribution in [0.3, 0.4) is 0 Å². The summed E-state index contributed by atoms with van der Waals surface area (Å²) in [5, 5.41) is 11.8. The van der Waals surface area contributed by atoms with Crippen molar-refractivity contribution in [1.29, 1.82) is 5.26 Å². The highest BCUT2D eigenvalue weighted by molar-refractivity contribution is 5.95. The molecule has 1 aliphatic heterocycles. The Morgan fingerprint density at radius 1 is 1.03 bits per heavy atom. The van der Waals surface area contributed by atoms with Crippen molar-refractivity contribution in [2.75, 3.05) is 13.1 Å². The molecule has 1 aliphatic rings. The molecule has 0 atom stereocenters. The summed E-state index contributed by atoms with van der Waals surface area (Å²) in [5.74, 6) is -2.78. The third-order valence-electron chi connectivity index (χ3n) is 6.73. The van der Waals surface area contributed by atoms with E-state index in [1.807, 2.05) is 41.1 Å². The van der Waals surface area contributed by atoms with Crippen molar-refractivity contribution in [1.82, 2.24) is 19.6 Å². The standard InChI is InChI=1S/C28H23F2N5O2/c29-23-13-19(16-31)14-24(30)26(23)28(37)35-10-6-21(7-11-35)20-1-3-22(4-2-20)27(36)33-17-18-5-9-34-12-8-32-25(34)15-18/h1-5,8-9,12-15,21H,6-7,10-11,17H2,(H,33,36). The summed E-state index contributed by atoms with van der Waals surface area (Å²) in [4.78, 5) is 31.0. The molecule has 5 rings (SSSR count). The van der Waals surface area contributed by atoms with Crippen molar-refractivity contribution in [2.45, 2.75) is 25.3 Å². The summed E-state index contributed by atoms with van der Waals surface area (Å²) in [6.07, 6.45) is 6.74. The Bertz CT molecular complexity index is 1490. The second-order valence-electron chi connectivity index (χ2n) is 9.03. The number of nitrogens with zero attached hydrogens (tertiary/aromatic N) is 4. The number of aromatic nitrogens is 2. The van der Waals surface area contributed by atoms with Crippen LogP contribution >= 0.6 is 0 Å². The summed E-state index contributed by atoms with van der Waals surface area (Å²) in [6, 6.07) is 14.7. The number of halogens is 2. The van der Waals surface area contributed by atoms with Crippen molar-refractivity contribution in [3.05, 3.63) is 107 Å². The van der Waals surface area contributed by atoms with E-state index in [-0.39, 0.29) is 17.4 Å². The monoisotopic (exact) mass is 499 g/mol. The highest BCUT2D eigenvalue weighted by Gasteiger charge is 2.28. The molecule has 0 spiro atoms. The average Bonchev–Trinajstić information content (AvgIpc) is 3.39. The van der Waals surface area contributed by atoms with E-state index in [1.165, 1.54) is 4.90 Å². The molecule has 2 aromatic heterocycles. The molecule has 4 aromatic rings. The summed E-state index contributed by atoms with van der Waals surface area (Å²) in [7, 11) is 0. The van der Waals surface area contributed by atoms with E-state index >= 15 is 0 Å². The van der Waals surface area contributed by atoms with Crippen LogP contribution in [0.4, 0.5) is 8.78 Å². The Kier molecular flexibility index (Phi) is 6.64. The van der Waals surface area contributed by atoms with Crippen molar-refractivity contribution < 1.29 is 18.4 Å². The van der Waals surface area contributed by atoms with E-state index in [2.05, 4.69) is 10.3 Å². The number of piperidine rings is 1. The van der Waals surface area contributed by atoms with E-state index in [0.29, 0.717) is 38.0 Å². The zero-order valence-electron chi connectivity index (χ0n) is 19.8. The lowest BCUT2D eigenvalue weighted by Gasteiger charge is -2.32. The number of hydrogen-bond acceptors (Lipinski definition) is 4. The zero-order valence-corrected chi connectivity index (χ0v) is 19.8. The zero-order chi connectivity index (χ0) is 25.9. The largest absolute Gasteiger partial charge is 0.348 e. The van der Waals surface area contributed by atoms with Crippen LogP contribution in [0, 0.1) is 23.0 Å². The summed E-state index contributed by atoms with van der Waals surface area (Å²) >= 11 is 0. The molecule has 3 heterocycles. The van der Waals surface area contributed by atoms with Gasteiger partial charge in [-0.15, -0.1) is 0 Å². The number of carbonyl (C=O) groups is 2. The molecule has 1 fully saturated rings. The van der Waals surface area contributed by atoms with Crippen LogP contribution < -0.4 is 5.32 Å². The van der Waals surface area contributed by atoms with Crippen LogP contribution in [0.15, 0.2) is 67.1 Å². The molecule has 0 saturated carbocycles. The number of hydrogen-bond donors (Lipinski definition) is 1. The molecule has 1 saturated heterocycles. The Hall–Kier alpha value is -4.58. The van der Waals surface area contributed by atoms with Gasteiger partial charge in [-0.2, -0.15) is 5.26 Å². The maximum absolute atomic E-state index is 14.3. The third kappa shape index (κ3) is 5.05. The SMILES string of the molecule is N#Cc1cc(F)c(C(=O)N2CCC(c3ccc(C(=O)NCc4ccn5ccnc5c4)cc3)CC2)c(F)c1. The molecule has 0 unspecified atom stereocenters. The summed E-state index contributed by atoms with van der Waals surface area (Å²) < 4.78 is 30.4. The summed E-state index contributed by atoms with van der Waals surface area (Å²) in [6.45, 7) is 1.09. The van der Waals surface area contributed by atoms with Crippen molar-refractivity contribution >= 4 is 17.5 Å². The first kappa shape index (κ1) is 24.1. The molecular formula is C28H23F2N5O2. The first-order chi connectivity index (χ1) is 17.9. The van der Waals surface area contributed by atoms with Gasteiger partial charge in [0, 0.05) is 43.8 Å². The number of nitriles is 1. The van der Waals surface area contributed by atoms with Crippen LogP contribution in [0.2, 0.25) is 0 Å². The molecule has 2 amide bonds. The number of imidazole rings is 1. The molecular weight excluding hydrogens is 476 g/mol. The van der Waals surface area contributed by atoms with Crippen LogP contribution in [0.25, 0.3) is 5.65 Å². The maximum Gasteiger partial charge on any atom is 0.259 e. The van der Waals surface area contributed by atoms with Gasteiger partial charge in [-0.25, -0.2) is 13.8 Å². The third-order valence-corrected chi connectivity index (χ3v) is 6.73. The van der Waals surface area contributed by atoms with Crippen LogP contribution in [0.5, 0.6) is 0 Å². The second-order valence-corrected chi connectivity index (χ2v) is 9.03. The minimum atomic E-state index is -1.03. The smallest absolute Gasteiger partial charge is 0.259 e. The predicted molar refractivity (Wildman–Crippen MR) is 132 cm³/mol. The van der Waals surface area contributed by atoms with Gasteiger partial charge >= 0.3 is 0 Å². The van der Waals surface area contributed by atoms with Crippen LogP contribution in [-0.4, -0.2) is 39.2 Å². The lowest BCUT2D eigenvalue weighted by Crippen LogP contribution is -2.38. The number of likely N-dealkylation sites (tertiary alicyclic amines) is 1. The number of amides is 2. The normalized spacial score (nSPS) is 13.9. The van der Waals surface area contributed by atoms with Gasteiger partial charge in [-0.05, 0) is 66.3 Å². The van der Waals surface area contributed by atoms with Gasteiger partial charge in [0.05, 0.1) is 11.6 Å². The molecule has 0 bridgehead atoms. The van der Waals surface area contributed by atoms with E-state index in [1.54, 1.807) is 24.4 Å². The first-order valence-electron chi connectivity index (χ1n) is 11.9. The molecule has 2 aromatic carbocycles. The van der Waals surface area contributed by atoms with Gasteiger partial charge < -0.3 is 14.6 Å².